The molecule has 0 aliphatic heterocycles. The van der Waals surface area contributed by atoms with Gasteiger partial charge in [-0.25, -0.2) is 9.37 Å². The fourth-order valence-corrected chi connectivity index (χ4v) is 2.75. The Morgan fingerprint density at radius 2 is 2.07 bits per heavy atom. The second-order valence-corrected chi connectivity index (χ2v) is 7.73. The third-order valence-corrected chi connectivity index (χ3v) is 4.39. The van der Waals surface area contributed by atoms with Gasteiger partial charge in [-0.2, -0.15) is 5.10 Å². The first-order valence-corrected chi connectivity index (χ1v) is 9.37. The van der Waals surface area contributed by atoms with Crippen LogP contribution in [-0.4, -0.2) is 55.5 Å². The summed E-state index contributed by atoms with van der Waals surface area (Å²) in [4.78, 5) is 21.8. The van der Waals surface area contributed by atoms with Crippen LogP contribution in [0.5, 0.6) is 0 Å². The number of nitrogens with zero attached hydrogens (tertiary/aromatic N) is 3. The van der Waals surface area contributed by atoms with Crippen LogP contribution in [0.15, 0.2) is 30.7 Å². The van der Waals surface area contributed by atoms with E-state index in [2.05, 4.69) is 30.8 Å². The molecule has 0 saturated heterocycles. The van der Waals surface area contributed by atoms with Crippen LogP contribution in [0.2, 0.25) is 0 Å². The van der Waals surface area contributed by atoms with E-state index in [1.54, 1.807) is 12.4 Å². The maximum atomic E-state index is 14.0. The Labute approximate surface area is 168 Å². The Bertz CT molecular complexity index is 998. The highest BCUT2D eigenvalue weighted by Gasteiger charge is 2.27. The molecule has 1 atom stereocenters. The third kappa shape index (κ3) is 4.68. The number of carbonyl (C=O) groups excluding carboxylic acids is 1. The Morgan fingerprint density at radius 3 is 2.69 bits per heavy atom. The Morgan fingerprint density at radius 1 is 1.31 bits per heavy atom. The zero-order valence-electron chi connectivity index (χ0n) is 16.8. The monoisotopic (exact) mass is 400 g/mol. The van der Waals surface area contributed by atoms with Crippen LogP contribution in [0, 0.1) is 0 Å². The molecular weight excluding hydrogens is 375 g/mol. The number of aromatic nitrogens is 4. The van der Waals surface area contributed by atoms with E-state index < -0.39 is 17.7 Å². The number of hydrogen-bond acceptors (Lipinski definition) is 6. The molecule has 0 spiro atoms. The summed E-state index contributed by atoms with van der Waals surface area (Å²) in [6.07, 6.45) is 3.23. The Hall–Kier alpha value is -3.07. The highest BCUT2D eigenvalue weighted by Crippen LogP contribution is 2.28. The number of alkyl halides is 1. The molecule has 154 valence electrons. The van der Waals surface area contributed by atoms with Gasteiger partial charge in [0.15, 0.2) is 0 Å². The lowest BCUT2D eigenvalue weighted by atomic mass is 10.0. The second kappa shape index (κ2) is 8.12. The zero-order valence-corrected chi connectivity index (χ0v) is 16.8. The van der Waals surface area contributed by atoms with Crippen molar-refractivity contribution < 1.29 is 14.3 Å². The van der Waals surface area contributed by atoms with Crippen LogP contribution in [0.1, 0.15) is 38.1 Å². The molecule has 0 unspecified atom stereocenters. The Balaban J connectivity index is 2.00. The number of nitrogens with one attached hydrogen (secondary N) is 3. The van der Waals surface area contributed by atoms with Crippen molar-refractivity contribution in [3.05, 3.63) is 36.3 Å². The van der Waals surface area contributed by atoms with Crippen molar-refractivity contribution in [3.8, 4) is 11.3 Å². The first kappa shape index (κ1) is 20.7. The number of halogens is 1. The van der Waals surface area contributed by atoms with Gasteiger partial charge in [0.2, 0.25) is 0 Å². The average Bonchev–Trinajstić information content (AvgIpc) is 3.19. The van der Waals surface area contributed by atoms with Crippen LogP contribution in [0.4, 0.5) is 10.1 Å². The minimum Gasteiger partial charge on any atom is -0.387 e. The molecule has 0 saturated carbocycles. The highest BCUT2D eigenvalue weighted by atomic mass is 19.1. The van der Waals surface area contributed by atoms with Crippen molar-refractivity contribution in [1.29, 1.82) is 0 Å². The summed E-state index contributed by atoms with van der Waals surface area (Å²) in [7, 11) is 0. The summed E-state index contributed by atoms with van der Waals surface area (Å²) < 4.78 is 14.0. The smallest absolute Gasteiger partial charge is 0.255 e. The predicted molar refractivity (Wildman–Crippen MR) is 109 cm³/mol. The van der Waals surface area contributed by atoms with E-state index in [-0.39, 0.29) is 18.2 Å². The normalized spacial score (nSPS) is 12.9. The van der Waals surface area contributed by atoms with Crippen molar-refractivity contribution in [3.63, 3.8) is 0 Å². The lowest BCUT2D eigenvalue weighted by Crippen LogP contribution is -2.42. The largest absolute Gasteiger partial charge is 0.387 e. The first-order valence-electron chi connectivity index (χ1n) is 9.37. The third-order valence-electron chi connectivity index (χ3n) is 4.39. The SMILES string of the molecule is CC(C)Nc1c(C(=O)NC[C@@H](F)C(C)(C)O)cnc2ccc(-c3cn[nH]c3)nc12. The lowest BCUT2D eigenvalue weighted by molar-refractivity contribution is -0.00177. The summed E-state index contributed by atoms with van der Waals surface area (Å²) in [5.74, 6) is -0.495. The number of amides is 1. The minimum atomic E-state index is -1.60. The topological polar surface area (TPSA) is 116 Å². The maximum Gasteiger partial charge on any atom is 0.255 e. The molecule has 8 nitrogen and oxygen atoms in total. The van der Waals surface area contributed by atoms with E-state index in [9.17, 15) is 14.3 Å². The molecule has 3 aromatic rings. The Kier molecular flexibility index (Phi) is 5.78. The van der Waals surface area contributed by atoms with Crippen LogP contribution < -0.4 is 10.6 Å². The standard InChI is InChI=1S/C20H25FN6O2/c1-11(2)26-17-13(19(28)23-10-16(21)20(3,4)29)9-22-15-6-5-14(27-18(15)17)12-7-24-25-8-12/h5-9,11,16,29H,10H2,1-4H3,(H,22,26)(H,23,28)(H,24,25)/t16-/m1/s1. The van der Waals surface area contributed by atoms with Crippen molar-refractivity contribution >= 4 is 22.6 Å². The van der Waals surface area contributed by atoms with Crippen molar-refractivity contribution in [2.24, 2.45) is 0 Å². The van der Waals surface area contributed by atoms with Gasteiger partial charge in [-0.05, 0) is 39.8 Å². The van der Waals surface area contributed by atoms with Gasteiger partial charge in [-0.3, -0.25) is 14.9 Å². The van der Waals surface area contributed by atoms with Crippen LogP contribution in [-0.2, 0) is 0 Å². The molecule has 0 aromatic carbocycles. The molecule has 9 heteroatoms. The number of aliphatic hydroxyl groups is 1. The van der Waals surface area contributed by atoms with Crippen molar-refractivity contribution in [1.82, 2.24) is 25.5 Å². The van der Waals surface area contributed by atoms with Crippen LogP contribution in [0.25, 0.3) is 22.3 Å². The van der Waals surface area contributed by atoms with E-state index in [1.165, 1.54) is 20.0 Å². The predicted octanol–water partition coefficient (Wildman–Crippen LogP) is 2.68. The lowest BCUT2D eigenvalue weighted by Gasteiger charge is -2.23. The molecular formula is C20H25FN6O2. The van der Waals surface area contributed by atoms with Crippen molar-refractivity contribution in [2.75, 3.05) is 11.9 Å². The summed E-state index contributed by atoms with van der Waals surface area (Å²) in [5.41, 5.74) is 1.87. The van der Waals surface area contributed by atoms with Gasteiger partial charge in [0.1, 0.15) is 11.7 Å². The summed E-state index contributed by atoms with van der Waals surface area (Å²) >= 11 is 0. The van der Waals surface area contributed by atoms with Gasteiger partial charge in [-0.1, -0.05) is 0 Å². The average molecular weight is 400 g/mol. The summed E-state index contributed by atoms with van der Waals surface area (Å²) in [6, 6.07) is 3.68. The highest BCUT2D eigenvalue weighted by molar-refractivity contribution is 6.06. The number of aromatic amines is 1. The van der Waals surface area contributed by atoms with Gasteiger partial charge in [-0.15, -0.1) is 0 Å². The molecule has 4 N–H and O–H groups in total. The molecule has 3 rings (SSSR count). The number of pyridine rings is 2. The van der Waals surface area contributed by atoms with E-state index in [0.29, 0.717) is 22.4 Å². The summed E-state index contributed by atoms with van der Waals surface area (Å²) in [6.45, 7) is 6.28. The fourth-order valence-electron chi connectivity index (χ4n) is 2.75. The molecule has 1 amide bonds. The van der Waals surface area contributed by atoms with E-state index >= 15 is 0 Å². The molecule has 0 radical (unpaired) electrons. The van der Waals surface area contributed by atoms with Crippen molar-refractivity contribution in [2.45, 2.75) is 45.5 Å². The summed E-state index contributed by atoms with van der Waals surface area (Å²) in [5, 5.41) is 22.2. The molecule has 0 bridgehead atoms. The molecule has 3 aromatic heterocycles. The van der Waals surface area contributed by atoms with E-state index in [4.69, 9.17) is 0 Å². The first-order chi connectivity index (χ1) is 13.7. The molecule has 3 heterocycles. The van der Waals surface area contributed by atoms with Gasteiger partial charge in [0, 0.05) is 24.0 Å². The van der Waals surface area contributed by atoms with Crippen LogP contribution in [0.3, 0.4) is 0 Å². The quantitative estimate of drug-likeness (QED) is 0.485. The van der Waals surface area contributed by atoms with Crippen LogP contribution >= 0.6 is 0 Å². The van der Waals surface area contributed by atoms with Gasteiger partial charge < -0.3 is 15.7 Å². The number of anilines is 1. The molecule has 29 heavy (non-hydrogen) atoms. The van der Waals surface area contributed by atoms with Gasteiger partial charge in [0.25, 0.3) is 5.91 Å². The number of H-pyrrole nitrogens is 1. The molecule has 0 fully saturated rings. The second-order valence-electron chi connectivity index (χ2n) is 7.73. The van der Waals surface area contributed by atoms with E-state index in [0.717, 1.165) is 5.56 Å². The molecule has 0 aliphatic rings. The van der Waals surface area contributed by atoms with E-state index in [1.807, 2.05) is 26.0 Å². The minimum absolute atomic E-state index is 0.0248. The fraction of sp³-hybridized carbons (Fsp3) is 0.400. The number of fused-ring (bicyclic) bond motifs is 1. The number of hydrogen-bond donors (Lipinski definition) is 4. The maximum absolute atomic E-state index is 14.0. The van der Waals surface area contributed by atoms with Gasteiger partial charge in [0.05, 0.1) is 40.8 Å². The van der Waals surface area contributed by atoms with Gasteiger partial charge >= 0.3 is 0 Å². The number of rotatable bonds is 7. The number of carbonyl (C=O) groups is 1. The zero-order chi connectivity index (χ0) is 21.2. The molecule has 0 aliphatic carbocycles.